The first-order chi connectivity index (χ1) is 9.09. The van der Waals surface area contributed by atoms with E-state index < -0.39 is 10.0 Å². The Kier molecular flexibility index (Phi) is 5.09. The van der Waals surface area contributed by atoms with E-state index in [4.69, 9.17) is 10.5 Å². The van der Waals surface area contributed by atoms with Crippen molar-refractivity contribution >= 4 is 27.5 Å². The van der Waals surface area contributed by atoms with E-state index in [0.29, 0.717) is 37.7 Å². The third kappa shape index (κ3) is 4.10. The third-order valence-electron chi connectivity index (χ3n) is 2.88. The minimum absolute atomic E-state index is 0.131. The minimum Gasteiger partial charge on any atom is -0.398 e. The predicted molar refractivity (Wildman–Crippen MR) is 77.8 cm³/mol. The molecule has 1 aliphatic rings. The van der Waals surface area contributed by atoms with Crippen molar-refractivity contribution in [3.05, 3.63) is 24.3 Å². The molecule has 1 aromatic rings. The molecule has 1 heterocycles. The highest BCUT2D eigenvalue weighted by Gasteiger charge is 2.23. The summed E-state index contributed by atoms with van der Waals surface area (Å²) in [5, 5.41) is 0. The Morgan fingerprint density at radius 1 is 1.26 bits per heavy atom. The van der Waals surface area contributed by atoms with Crippen molar-refractivity contribution in [1.82, 2.24) is 4.31 Å². The molecule has 2 N–H and O–H groups in total. The Bertz CT molecular complexity index is 513. The van der Waals surface area contributed by atoms with Gasteiger partial charge in [-0.1, -0.05) is 12.1 Å². The second kappa shape index (κ2) is 6.60. The average molecular weight is 302 g/mol. The molecule has 1 fully saturated rings. The predicted octanol–water partition coefficient (Wildman–Crippen LogP) is 1.02. The molecule has 106 valence electrons. The van der Waals surface area contributed by atoms with Crippen LogP contribution in [-0.4, -0.2) is 50.5 Å². The highest BCUT2D eigenvalue weighted by Crippen LogP contribution is 2.24. The number of morpholine rings is 1. The van der Waals surface area contributed by atoms with Crippen LogP contribution < -0.4 is 5.73 Å². The van der Waals surface area contributed by atoms with Crippen LogP contribution in [0.4, 0.5) is 5.69 Å². The van der Waals surface area contributed by atoms with Gasteiger partial charge in [0.1, 0.15) is 0 Å². The SMILES string of the molecule is Nc1ccccc1SCCS(=O)(=O)N1CCOCC1. The number of anilines is 1. The van der Waals surface area contributed by atoms with Gasteiger partial charge in [-0.05, 0) is 12.1 Å². The van der Waals surface area contributed by atoms with Gasteiger partial charge in [0.25, 0.3) is 0 Å². The second-order valence-corrected chi connectivity index (χ2v) is 7.44. The van der Waals surface area contributed by atoms with Gasteiger partial charge >= 0.3 is 0 Å². The van der Waals surface area contributed by atoms with Gasteiger partial charge in [0.15, 0.2) is 0 Å². The molecule has 5 nitrogen and oxygen atoms in total. The van der Waals surface area contributed by atoms with E-state index >= 15 is 0 Å². The Balaban J connectivity index is 1.86. The summed E-state index contributed by atoms with van der Waals surface area (Å²) in [6, 6.07) is 7.49. The summed E-state index contributed by atoms with van der Waals surface area (Å²) in [5.41, 5.74) is 6.51. The lowest BCUT2D eigenvalue weighted by molar-refractivity contribution is 0.0731. The molecule has 0 aliphatic carbocycles. The molecule has 7 heteroatoms. The molecule has 1 aliphatic heterocycles. The first kappa shape index (κ1) is 14.6. The number of benzene rings is 1. The molecule has 1 aromatic carbocycles. The van der Waals surface area contributed by atoms with Crippen LogP contribution in [0, 0.1) is 0 Å². The van der Waals surface area contributed by atoms with E-state index in [9.17, 15) is 8.42 Å². The maximum Gasteiger partial charge on any atom is 0.215 e. The summed E-state index contributed by atoms with van der Waals surface area (Å²) in [4.78, 5) is 0.930. The first-order valence-corrected chi connectivity index (χ1v) is 8.72. The monoisotopic (exact) mass is 302 g/mol. The van der Waals surface area contributed by atoms with Crippen molar-refractivity contribution in [2.24, 2.45) is 0 Å². The van der Waals surface area contributed by atoms with Gasteiger partial charge in [-0.2, -0.15) is 4.31 Å². The maximum absolute atomic E-state index is 12.1. The topological polar surface area (TPSA) is 72.6 Å². The number of sulfonamides is 1. The molecule has 0 aromatic heterocycles. The molecule has 0 amide bonds. The summed E-state index contributed by atoms with van der Waals surface area (Å²) >= 11 is 1.48. The van der Waals surface area contributed by atoms with E-state index in [0.717, 1.165) is 4.90 Å². The van der Waals surface area contributed by atoms with Gasteiger partial charge in [0.05, 0.1) is 19.0 Å². The van der Waals surface area contributed by atoms with E-state index in [1.807, 2.05) is 24.3 Å². The van der Waals surface area contributed by atoms with Crippen molar-refractivity contribution < 1.29 is 13.2 Å². The van der Waals surface area contributed by atoms with Gasteiger partial charge in [0.2, 0.25) is 10.0 Å². The van der Waals surface area contributed by atoms with Crippen LogP contribution >= 0.6 is 11.8 Å². The zero-order valence-corrected chi connectivity index (χ0v) is 12.3. The molecule has 0 spiro atoms. The van der Waals surface area contributed by atoms with Gasteiger partial charge < -0.3 is 10.5 Å². The van der Waals surface area contributed by atoms with Crippen molar-refractivity contribution in [2.45, 2.75) is 4.90 Å². The average Bonchev–Trinajstić information content (AvgIpc) is 2.42. The summed E-state index contributed by atoms with van der Waals surface area (Å²) in [6.45, 7) is 1.89. The van der Waals surface area contributed by atoms with Crippen molar-refractivity contribution in [3.63, 3.8) is 0 Å². The van der Waals surface area contributed by atoms with E-state index in [-0.39, 0.29) is 5.75 Å². The largest absolute Gasteiger partial charge is 0.398 e. The Morgan fingerprint density at radius 3 is 2.63 bits per heavy atom. The fourth-order valence-corrected chi connectivity index (χ4v) is 4.59. The van der Waals surface area contributed by atoms with Crippen LogP contribution in [0.2, 0.25) is 0 Å². The number of hydrogen-bond acceptors (Lipinski definition) is 5. The number of ether oxygens (including phenoxy) is 1. The summed E-state index contributed by atoms with van der Waals surface area (Å²) < 4.78 is 30.8. The fraction of sp³-hybridized carbons (Fsp3) is 0.500. The van der Waals surface area contributed by atoms with Crippen LogP contribution in [0.15, 0.2) is 29.2 Å². The number of para-hydroxylation sites is 1. The van der Waals surface area contributed by atoms with Crippen LogP contribution in [0.1, 0.15) is 0 Å². The van der Waals surface area contributed by atoms with Gasteiger partial charge in [0, 0.05) is 29.4 Å². The Hall–Kier alpha value is -0.760. The summed E-state index contributed by atoms with van der Waals surface area (Å²) in [7, 11) is -3.17. The maximum atomic E-state index is 12.1. The third-order valence-corrected chi connectivity index (χ3v) is 6.10. The Morgan fingerprint density at radius 2 is 1.95 bits per heavy atom. The molecule has 19 heavy (non-hydrogen) atoms. The zero-order chi connectivity index (χ0) is 13.7. The lowest BCUT2D eigenvalue weighted by Crippen LogP contribution is -2.42. The lowest BCUT2D eigenvalue weighted by atomic mass is 10.3. The van der Waals surface area contributed by atoms with Crippen molar-refractivity contribution in [1.29, 1.82) is 0 Å². The number of nitrogens with zero attached hydrogens (tertiary/aromatic N) is 1. The zero-order valence-electron chi connectivity index (χ0n) is 10.6. The van der Waals surface area contributed by atoms with Crippen LogP contribution in [-0.2, 0) is 14.8 Å². The fourth-order valence-electron chi connectivity index (χ4n) is 1.82. The molecular weight excluding hydrogens is 284 g/mol. The highest BCUT2D eigenvalue weighted by molar-refractivity contribution is 8.00. The van der Waals surface area contributed by atoms with Crippen LogP contribution in [0.25, 0.3) is 0 Å². The number of nitrogen functional groups attached to an aromatic ring is 1. The highest BCUT2D eigenvalue weighted by atomic mass is 32.2. The summed E-state index contributed by atoms with van der Waals surface area (Å²) in [5.74, 6) is 0.639. The lowest BCUT2D eigenvalue weighted by Gasteiger charge is -2.25. The number of hydrogen-bond donors (Lipinski definition) is 1. The number of thioether (sulfide) groups is 1. The number of rotatable bonds is 5. The second-order valence-electron chi connectivity index (χ2n) is 4.21. The summed E-state index contributed by atoms with van der Waals surface area (Å²) in [6.07, 6.45) is 0. The van der Waals surface area contributed by atoms with Gasteiger partial charge in [-0.3, -0.25) is 0 Å². The molecule has 0 saturated carbocycles. The smallest absolute Gasteiger partial charge is 0.215 e. The van der Waals surface area contributed by atoms with E-state index in [1.54, 1.807) is 0 Å². The standard InChI is InChI=1S/C12H18N2O3S2/c13-11-3-1-2-4-12(11)18-9-10-19(15,16)14-5-7-17-8-6-14/h1-4H,5-10,13H2. The number of nitrogens with two attached hydrogens (primary N) is 1. The molecule has 2 rings (SSSR count). The minimum atomic E-state index is -3.17. The quantitative estimate of drug-likeness (QED) is 0.649. The van der Waals surface area contributed by atoms with Crippen LogP contribution in [0.5, 0.6) is 0 Å². The van der Waals surface area contributed by atoms with Crippen molar-refractivity contribution in [3.8, 4) is 0 Å². The normalized spacial score (nSPS) is 17.5. The van der Waals surface area contributed by atoms with Gasteiger partial charge in [-0.15, -0.1) is 11.8 Å². The molecule has 1 saturated heterocycles. The van der Waals surface area contributed by atoms with E-state index in [2.05, 4.69) is 0 Å². The Labute approximate surface area is 118 Å². The molecule has 0 unspecified atom stereocenters. The van der Waals surface area contributed by atoms with Crippen LogP contribution in [0.3, 0.4) is 0 Å². The molecule has 0 atom stereocenters. The van der Waals surface area contributed by atoms with E-state index in [1.165, 1.54) is 16.1 Å². The van der Waals surface area contributed by atoms with Gasteiger partial charge in [-0.25, -0.2) is 8.42 Å². The van der Waals surface area contributed by atoms with Crippen molar-refractivity contribution in [2.75, 3.05) is 43.5 Å². The first-order valence-electron chi connectivity index (χ1n) is 6.12. The molecular formula is C12H18N2O3S2. The molecule has 0 radical (unpaired) electrons. The molecule has 0 bridgehead atoms.